The molecule has 2 aromatic carbocycles. The summed E-state index contributed by atoms with van der Waals surface area (Å²) in [5.41, 5.74) is 3.72. The van der Waals surface area contributed by atoms with Crippen molar-refractivity contribution >= 4 is 0 Å². The van der Waals surface area contributed by atoms with Crippen molar-refractivity contribution in [3.8, 4) is 22.8 Å². The van der Waals surface area contributed by atoms with Gasteiger partial charge in [-0.3, -0.25) is 0 Å². The molecule has 0 fully saturated rings. The zero-order chi connectivity index (χ0) is 14.1. The molecule has 100 valence electrons. The highest BCUT2D eigenvalue weighted by Crippen LogP contribution is 2.20. The minimum Gasteiger partial charge on any atom is -0.708 e. The van der Waals surface area contributed by atoms with Crippen molar-refractivity contribution in [3.05, 3.63) is 64.9 Å². The number of aryl methyl sites for hydroxylation is 2. The number of rotatable bonds is 2. The Morgan fingerprint density at radius 2 is 1.35 bits per heavy atom. The van der Waals surface area contributed by atoms with Gasteiger partial charge in [0.15, 0.2) is 5.16 Å². The molecule has 3 rings (SSSR count). The third kappa shape index (κ3) is 2.16. The highest BCUT2D eigenvalue weighted by Gasteiger charge is 2.22. The number of aromatic nitrogens is 2. The van der Waals surface area contributed by atoms with Gasteiger partial charge in [-0.05, 0) is 38.1 Å². The summed E-state index contributed by atoms with van der Waals surface area (Å²) in [6.45, 7) is 3.99. The Bertz CT molecular complexity index is 665. The zero-order valence-corrected chi connectivity index (χ0v) is 11.3. The Morgan fingerprint density at radius 1 is 0.850 bits per heavy atom. The minimum atomic E-state index is 0.209. The Hall–Kier alpha value is -2.62. The van der Waals surface area contributed by atoms with Crippen molar-refractivity contribution < 1.29 is 9.25 Å². The zero-order valence-electron chi connectivity index (χ0n) is 11.3. The van der Waals surface area contributed by atoms with Gasteiger partial charge in [-0.2, -0.15) is 4.73 Å². The molecule has 0 aliphatic carbocycles. The maximum Gasteiger partial charge on any atom is 0.383 e. The van der Waals surface area contributed by atoms with E-state index in [9.17, 15) is 5.21 Å². The lowest BCUT2D eigenvalue weighted by Gasteiger charge is -2.02. The lowest BCUT2D eigenvalue weighted by atomic mass is 10.1. The first kappa shape index (κ1) is 12.4. The normalized spacial score (nSPS) is 10.7. The fraction of sp³-hybridized carbons (Fsp3) is 0.125. The SMILES string of the molecule is Cc1ccc(-c2noc(-c3ccc(C)cc3)[n+]2[O-])cc1. The molecule has 0 radical (unpaired) electrons. The number of hydrogen-bond donors (Lipinski definition) is 0. The van der Waals surface area contributed by atoms with Crippen molar-refractivity contribution in [2.75, 3.05) is 0 Å². The van der Waals surface area contributed by atoms with Crippen LogP contribution in [0.1, 0.15) is 11.1 Å². The molecule has 0 atom stereocenters. The van der Waals surface area contributed by atoms with E-state index in [0.717, 1.165) is 27.0 Å². The van der Waals surface area contributed by atoms with Gasteiger partial charge in [0.2, 0.25) is 0 Å². The highest BCUT2D eigenvalue weighted by molar-refractivity contribution is 5.55. The van der Waals surface area contributed by atoms with Crippen molar-refractivity contribution in [2.24, 2.45) is 0 Å². The van der Waals surface area contributed by atoms with Crippen LogP contribution in [0.4, 0.5) is 0 Å². The Labute approximate surface area is 116 Å². The van der Waals surface area contributed by atoms with Gasteiger partial charge >= 0.3 is 11.7 Å². The van der Waals surface area contributed by atoms with E-state index in [1.807, 2.05) is 62.4 Å². The van der Waals surface area contributed by atoms with Gasteiger partial charge in [-0.15, -0.1) is 0 Å². The second kappa shape index (κ2) is 4.81. The van der Waals surface area contributed by atoms with Crippen LogP contribution in [0.15, 0.2) is 53.1 Å². The molecule has 0 saturated carbocycles. The van der Waals surface area contributed by atoms with Crippen LogP contribution < -0.4 is 4.73 Å². The van der Waals surface area contributed by atoms with Gasteiger partial charge in [-0.25, -0.2) is 4.52 Å². The van der Waals surface area contributed by atoms with Crippen LogP contribution in [0.2, 0.25) is 0 Å². The van der Waals surface area contributed by atoms with E-state index in [1.165, 1.54) is 0 Å². The fourth-order valence-electron chi connectivity index (χ4n) is 2.00. The summed E-state index contributed by atoms with van der Waals surface area (Å²) >= 11 is 0. The Morgan fingerprint density at radius 3 is 1.90 bits per heavy atom. The van der Waals surface area contributed by atoms with Gasteiger partial charge < -0.3 is 5.21 Å². The first-order chi connectivity index (χ1) is 9.65. The molecule has 0 spiro atoms. The minimum absolute atomic E-state index is 0.209. The maximum atomic E-state index is 12.3. The van der Waals surface area contributed by atoms with Crippen molar-refractivity contribution in [1.82, 2.24) is 5.16 Å². The Balaban J connectivity index is 2.04. The first-order valence-electron chi connectivity index (χ1n) is 6.38. The van der Waals surface area contributed by atoms with Crippen LogP contribution in [0, 0.1) is 19.1 Å². The lowest BCUT2D eigenvalue weighted by Crippen LogP contribution is -2.29. The highest BCUT2D eigenvalue weighted by atomic mass is 16.5. The molecule has 0 aliphatic heterocycles. The molecule has 3 aromatic rings. The van der Waals surface area contributed by atoms with E-state index >= 15 is 0 Å². The molecule has 0 amide bonds. The summed E-state index contributed by atoms with van der Waals surface area (Å²) in [6, 6.07) is 15.2. The Kier molecular flexibility index (Phi) is 2.99. The van der Waals surface area contributed by atoms with Gasteiger partial charge in [0.05, 0.1) is 11.1 Å². The monoisotopic (exact) mass is 266 g/mol. The van der Waals surface area contributed by atoms with Crippen LogP contribution in [0.5, 0.6) is 0 Å². The summed E-state index contributed by atoms with van der Waals surface area (Å²) in [5, 5.41) is 16.2. The molecular formula is C16H14N2O2. The third-order valence-electron chi connectivity index (χ3n) is 3.20. The van der Waals surface area contributed by atoms with Gasteiger partial charge in [0.25, 0.3) is 0 Å². The lowest BCUT2D eigenvalue weighted by molar-refractivity contribution is -0.585. The summed E-state index contributed by atoms with van der Waals surface area (Å²) < 4.78 is 5.94. The quantitative estimate of drug-likeness (QED) is 0.528. The second-order valence-electron chi connectivity index (χ2n) is 4.84. The molecule has 0 bridgehead atoms. The summed E-state index contributed by atoms with van der Waals surface area (Å²) in [7, 11) is 0. The van der Waals surface area contributed by atoms with E-state index in [1.54, 1.807) is 0 Å². The molecule has 20 heavy (non-hydrogen) atoms. The standard InChI is InChI=1S/C16H14N2O2/c1-11-3-7-13(8-4-11)15-17-20-16(18(15)19)14-9-5-12(2)6-10-14/h3-10H,1-2H3. The number of hydrogen-bond acceptors (Lipinski definition) is 3. The van der Waals surface area contributed by atoms with E-state index in [-0.39, 0.29) is 11.7 Å². The fourth-order valence-corrected chi connectivity index (χ4v) is 2.00. The van der Waals surface area contributed by atoms with Gasteiger partial charge in [0.1, 0.15) is 0 Å². The average Bonchev–Trinajstić information content (AvgIpc) is 2.83. The van der Waals surface area contributed by atoms with E-state index in [4.69, 9.17) is 4.52 Å². The predicted octanol–water partition coefficient (Wildman–Crippen LogP) is 3.26. The first-order valence-corrected chi connectivity index (χ1v) is 6.38. The summed E-state index contributed by atoms with van der Waals surface area (Å²) in [5.74, 6) is 0.487. The van der Waals surface area contributed by atoms with Crippen LogP contribution in [-0.4, -0.2) is 5.16 Å². The molecule has 4 heteroatoms. The average molecular weight is 266 g/mol. The molecule has 0 saturated heterocycles. The van der Waals surface area contributed by atoms with Crippen LogP contribution in [0.3, 0.4) is 0 Å². The van der Waals surface area contributed by atoms with E-state index in [2.05, 4.69) is 5.16 Å². The number of benzene rings is 2. The van der Waals surface area contributed by atoms with E-state index < -0.39 is 0 Å². The molecule has 0 unspecified atom stereocenters. The van der Waals surface area contributed by atoms with Crippen molar-refractivity contribution in [1.29, 1.82) is 0 Å². The second-order valence-corrected chi connectivity index (χ2v) is 4.84. The molecule has 0 aliphatic rings. The van der Waals surface area contributed by atoms with Crippen molar-refractivity contribution in [3.63, 3.8) is 0 Å². The maximum absolute atomic E-state index is 12.3. The van der Waals surface area contributed by atoms with Crippen LogP contribution in [-0.2, 0) is 0 Å². The van der Waals surface area contributed by atoms with Crippen LogP contribution >= 0.6 is 0 Å². The molecule has 1 aromatic heterocycles. The number of nitrogens with zero attached hydrogens (tertiary/aromatic N) is 2. The third-order valence-corrected chi connectivity index (χ3v) is 3.20. The van der Waals surface area contributed by atoms with Crippen LogP contribution in [0.25, 0.3) is 22.8 Å². The summed E-state index contributed by atoms with van der Waals surface area (Å²) in [4.78, 5) is 0. The molecule has 4 nitrogen and oxygen atoms in total. The van der Waals surface area contributed by atoms with Gasteiger partial charge in [-0.1, -0.05) is 35.4 Å². The molecule has 1 heterocycles. The smallest absolute Gasteiger partial charge is 0.383 e. The summed E-state index contributed by atoms with van der Waals surface area (Å²) in [6.07, 6.45) is 0. The van der Waals surface area contributed by atoms with Crippen molar-refractivity contribution in [2.45, 2.75) is 13.8 Å². The largest absolute Gasteiger partial charge is 0.708 e. The predicted molar refractivity (Wildman–Crippen MR) is 75.8 cm³/mol. The van der Waals surface area contributed by atoms with Gasteiger partial charge in [0, 0.05) is 0 Å². The molecule has 0 N–H and O–H groups in total. The van der Waals surface area contributed by atoms with E-state index in [0.29, 0.717) is 0 Å². The topological polar surface area (TPSA) is 53.0 Å². The molecular weight excluding hydrogens is 252 g/mol.